The lowest BCUT2D eigenvalue weighted by Crippen LogP contribution is -2.55. The number of ketones is 1. The number of fused-ring (bicyclic) bond motifs is 12. The van der Waals surface area contributed by atoms with Crippen molar-refractivity contribution in [1.82, 2.24) is 0 Å². The number of hydrogen-bond donors (Lipinski definition) is 0. The Labute approximate surface area is 154 Å². The molecule has 10 atom stereocenters. The van der Waals surface area contributed by atoms with Crippen molar-refractivity contribution in [2.45, 2.75) is 63.9 Å². The number of esters is 1. The zero-order valence-electron chi connectivity index (χ0n) is 15.6. The molecule has 0 N–H and O–H groups in total. The molecule has 0 radical (unpaired) electrons. The smallest absolute Gasteiger partial charge is 0.306 e. The molecule has 0 aromatic rings. The molecule has 6 aliphatic carbocycles. The molecule has 1 heterocycles. The van der Waals surface area contributed by atoms with Crippen LogP contribution in [0.5, 0.6) is 0 Å². The van der Waals surface area contributed by atoms with Gasteiger partial charge in [0.05, 0.1) is 0 Å². The Kier molecular flexibility index (Phi) is 2.46. The molecule has 5 saturated carbocycles. The largest absolute Gasteiger partial charge is 0.458 e. The number of ether oxygens (including phenoxy) is 1. The zero-order valence-corrected chi connectivity index (χ0v) is 15.6. The lowest BCUT2D eigenvalue weighted by molar-refractivity contribution is -0.174. The van der Waals surface area contributed by atoms with E-state index in [1.54, 1.807) is 5.57 Å². The molecule has 7 aliphatic rings. The van der Waals surface area contributed by atoms with Crippen LogP contribution in [0.2, 0.25) is 0 Å². The molecule has 1 aliphatic heterocycles. The van der Waals surface area contributed by atoms with E-state index in [0.29, 0.717) is 30.0 Å². The van der Waals surface area contributed by atoms with Crippen molar-refractivity contribution in [1.29, 1.82) is 0 Å². The van der Waals surface area contributed by atoms with Gasteiger partial charge in [-0.05, 0) is 86.0 Å². The van der Waals surface area contributed by atoms with Gasteiger partial charge < -0.3 is 4.74 Å². The van der Waals surface area contributed by atoms with Gasteiger partial charge in [-0.1, -0.05) is 12.5 Å². The average molecular weight is 352 g/mol. The Hall–Kier alpha value is -1.12. The Morgan fingerprint density at radius 1 is 1.00 bits per heavy atom. The van der Waals surface area contributed by atoms with E-state index in [0.717, 1.165) is 48.9 Å². The van der Waals surface area contributed by atoms with Crippen LogP contribution in [0.1, 0.15) is 58.3 Å². The van der Waals surface area contributed by atoms with Crippen LogP contribution in [0.15, 0.2) is 11.6 Å². The molecule has 0 aromatic heterocycles. The third kappa shape index (κ3) is 1.49. The second-order valence-corrected chi connectivity index (χ2v) is 10.9. The van der Waals surface area contributed by atoms with Gasteiger partial charge in [0.2, 0.25) is 0 Å². The SMILES string of the molecule is CC12CCC3C4CCC(=O)C=C4C4CC4C3C1C1CC1C21CCC(=O)O1. The van der Waals surface area contributed by atoms with Crippen LogP contribution < -0.4 is 0 Å². The summed E-state index contributed by atoms with van der Waals surface area (Å²) in [6, 6.07) is 0. The second kappa shape index (κ2) is 4.31. The van der Waals surface area contributed by atoms with Crippen molar-refractivity contribution < 1.29 is 14.3 Å². The van der Waals surface area contributed by atoms with E-state index in [4.69, 9.17) is 4.74 Å². The zero-order chi connectivity index (χ0) is 17.4. The monoisotopic (exact) mass is 352 g/mol. The minimum absolute atomic E-state index is 0.0589. The predicted molar refractivity (Wildman–Crippen MR) is 94.9 cm³/mol. The molecule has 0 bridgehead atoms. The fraction of sp³-hybridized carbons (Fsp3) is 0.826. The van der Waals surface area contributed by atoms with Crippen molar-refractivity contribution in [3.63, 3.8) is 0 Å². The van der Waals surface area contributed by atoms with Gasteiger partial charge in [-0.3, -0.25) is 9.59 Å². The second-order valence-electron chi connectivity index (χ2n) is 10.9. The molecule has 0 aromatic carbocycles. The number of allylic oxidation sites excluding steroid dienone is 1. The lowest BCUT2D eigenvalue weighted by Gasteiger charge is -2.57. The van der Waals surface area contributed by atoms with Crippen LogP contribution in [0.3, 0.4) is 0 Å². The third-order valence-electron chi connectivity index (χ3n) is 10.2. The van der Waals surface area contributed by atoms with Gasteiger partial charge in [-0.2, -0.15) is 0 Å². The minimum atomic E-state index is -0.118. The summed E-state index contributed by atoms with van der Waals surface area (Å²) in [5, 5.41) is 0. The summed E-state index contributed by atoms with van der Waals surface area (Å²) in [6.45, 7) is 2.49. The standard InChI is InChI=1S/C23H28O3/c1-22-6-4-13-12-3-2-11(24)8-14(12)15-9-16(15)20(13)21(22)17-10-18(17)23(22)7-5-19(25)26-23/h8,12-13,15-18,20-21H,2-7,9-10H2,1H3. The van der Waals surface area contributed by atoms with Gasteiger partial charge in [0, 0.05) is 24.2 Å². The summed E-state index contributed by atoms with van der Waals surface area (Å²) in [7, 11) is 0. The van der Waals surface area contributed by atoms with Crippen molar-refractivity contribution in [2.24, 2.45) is 52.8 Å². The number of carbonyl (C=O) groups excluding carboxylic acids is 2. The van der Waals surface area contributed by atoms with Gasteiger partial charge in [0.1, 0.15) is 5.60 Å². The van der Waals surface area contributed by atoms with E-state index < -0.39 is 0 Å². The molecule has 7 rings (SSSR count). The fourth-order valence-electron chi connectivity index (χ4n) is 9.35. The molecule has 10 unspecified atom stereocenters. The molecule has 3 nitrogen and oxygen atoms in total. The number of carbonyl (C=O) groups is 2. The van der Waals surface area contributed by atoms with Crippen molar-refractivity contribution >= 4 is 11.8 Å². The molecule has 0 amide bonds. The van der Waals surface area contributed by atoms with Crippen LogP contribution in [0, 0.1) is 52.8 Å². The predicted octanol–water partition coefficient (Wildman–Crippen LogP) is 3.92. The summed E-state index contributed by atoms with van der Waals surface area (Å²) >= 11 is 0. The fourth-order valence-corrected chi connectivity index (χ4v) is 9.35. The van der Waals surface area contributed by atoms with E-state index in [9.17, 15) is 9.59 Å². The molecule has 3 heteroatoms. The molecular formula is C23H28O3. The third-order valence-corrected chi connectivity index (χ3v) is 10.2. The summed E-state index contributed by atoms with van der Waals surface area (Å²) in [6.07, 6.45) is 10.7. The van der Waals surface area contributed by atoms with Crippen LogP contribution in [-0.4, -0.2) is 17.4 Å². The summed E-state index contributed by atoms with van der Waals surface area (Å²) < 4.78 is 6.19. The van der Waals surface area contributed by atoms with Crippen molar-refractivity contribution in [2.75, 3.05) is 0 Å². The van der Waals surface area contributed by atoms with E-state index in [1.807, 2.05) is 0 Å². The average Bonchev–Trinajstić information content (AvgIpc) is 3.51. The van der Waals surface area contributed by atoms with Gasteiger partial charge in [-0.15, -0.1) is 0 Å². The normalized spacial score (nSPS) is 61.0. The minimum Gasteiger partial charge on any atom is -0.458 e. The van der Waals surface area contributed by atoms with Crippen LogP contribution in [0.4, 0.5) is 0 Å². The maximum absolute atomic E-state index is 12.1. The van der Waals surface area contributed by atoms with E-state index in [-0.39, 0.29) is 17.0 Å². The Bertz CT molecular complexity index is 782. The van der Waals surface area contributed by atoms with E-state index in [2.05, 4.69) is 13.0 Å². The van der Waals surface area contributed by atoms with Crippen molar-refractivity contribution in [3.8, 4) is 0 Å². The first-order valence-electron chi connectivity index (χ1n) is 11.0. The highest BCUT2D eigenvalue weighted by Crippen LogP contribution is 2.81. The summed E-state index contributed by atoms with van der Waals surface area (Å²) in [5.74, 6) is 6.54. The highest BCUT2D eigenvalue weighted by Gasteiger charge is 2.80. The molecule has 26 heavy (non-hydrogen) atoms. The summed E-state index contributed by atoms with van der Waals surface area (Å²) in [4.78, 5) is 24.1. The van der Waals surface area contributed by atoms with Gasteiger partial charge in [0.15, 0.2) is 5.78 Å². The first kappa shape index (κ1) is 14.9. The van der Waals surface area contributed by atoms with Crippen molar-refractivity contribution in [3.05, 3.63) is 11.6 Å². The van der Waals surface area contributed by atoms with Crippen LogP contribution in [-0.2, 0) is 14.3 Å². The number of rotatable bonds is 0. The highest BCUT2D eigenvalue weighted by atomic mass is 16.6. The number of hydrogen-bond acceptors (Lipinski definition) is 3. The molecular weight excluding hydrogens is 324 g/mol. The van der Waals surface area contributed by atoms with Gasteiger partial charge in [0.25, 0.3) is 0 Å². The topological polar surface area (TPSA) is 43.4 Å². The first-order valence-corrected chi connectivity index (χ1v) is 11.0. The Morgan fingerprint density at radius 3 is 2.69 bits per heavy atom. The van der Waals surface area contributed by atoms with Gasteiger partial charge >= 0.3 is 5.97 Å². The van der Waals surface area contributed by atoms with Gasteiger partial charge in [-0.25, -0.2) is 0 Å². The first-order chi connectivity index (χ1) is 12.5. The summed E-state index contributed by atoms with van der Waals surface area (Å²) in [5.41, 5.74) is 1.64. The van der Waals surface area contributed by atoms with Crippen LogP contribution in [0.25, 0.3) is 0 Å². The Morgan fingerprint density at radius 2 is 1.88 bits per heavy atom. The molecule has 1 saturated heterocycles. The molecule has 138 valence electrons. The molecule has 1 spiro atoms. The van der Waals surface area contributed by atoms with Crippen LogP contribution >= 0.6 is 0 Å². The Balaban J connectivity index is 1.31. The quantitative estimate of drug-likeness (QED) is 0.621. The highest BCUT2D eigenvalue weighted by molar-refractivity contribution is 5.91. The molecule has 6 fully saturated rings. The van der Waals surface area contributed by atoms with E-state index >= 15 is 0 Å². The van der Waals surface area contributed by atoms with E-state index in [1.165, 1.54) is 25.7 Å². The maximum atomic E-state index is 12.1. The maximum Gasteiger partial charge on any atom is 0.306 e. The lowest BCUT2D eigenvalue weighted by atomic mass is 9.49.